The summed E-state index contributed by atoms with van der Waals surface area (Å²) in [5.74, 6) is 0.466. The van der Waals surface area contributed by atoms with E-state index in [4.69, 9.17) is 28.4 Å². The van der Waals surface area contributed by atoms with E-state index in [0.717, 1.165) is 64.2 Å². The quantitative estimate of drug-likeness (QED) is 0.0297. The summed E-state index contributed by atoms with van der Waals surface area (Å²) in [7, 11) is 0. The van der Waals surface area contributed by atoms with E-state index < -0.39 is 17.9 Å². The van der Waals surface area contributed by atoms with Crippen LogP contribution in [0.5, 0.6) is 23.0 Å². The van der Waals surface area contributed by atoms with Crippen molar-refractivity contribution >= 4 is 23.9 Å². The molecule has 3 aromatic rings. The number of rotatable bonds is 24. The third-order valence-electron chi connectivity index (χ3n) is 7.69. The maximum Gasteiger partial charge on any atom is 0.509 e. The summed E-state index contributed by atoms with van der Waals surface area (Å²) in [6, 6.07) is 18.4. The Morgan fingerprint density at radius 1 is 0.569 bits per heavy atom. The lowest BCUT2D eigenvalue weighted by atomic mass is 10.1. The van der Waals surface area contributed by atoms with Crippen molar-refractivity contribution in [1.29, 1.82) is 0 Å². The van der Waals surface area contributed by atoms with Crippen molar-refractivity contribution in [1.82, 2.24) is 0 Å². The Bertz CT molecular complexity index is 1560. The molecule has 1 N–H and O–H groups in total. The summed E-state index contributed by atoms with van der Waals surface area (Å²) >= 11 is 0. The molecule has 10 heteroatoms. The Labute approximate surface area is 300 Å². The summed E-state index contributed by atoms with van der Waals surface area (Å²) in [5, 5.41) is 0. The van der Waals surface area contributed by atoms with Gasteiger partial charge >= 0.3 is 23.9 Å². The average Bonchev–Trinajstić information content (AvgIpc) is 3.14. The first-order valence-corrected chi connectivity index (χ1v) is 17.4. The molecule has 0 aliphatic heterocycles. The molecular formula is C41H49O10+. The molecule has 0 radical (unpaired) electrons. The van der Waals surface area contributed by atoms with Crippen LogP contribution in [0, 0.1) is 6.92 Å². The van der Waals surface area contributed by atoms with E-state index in [0.29, 0.717) is 66.1 Å². The van der Waals surface area contributed by atoms with E-state index in [2.05, 4.69) is 13.2 Å². The van der Waals surface area contributed by atoms with E-state index in [1.165, 1.54) is 12.2 Å². The maximum atomic E-state index is 12.8. The number of unbranched alkanes of at least 4 members (excludes halogenated alkanes) is 8. The first kappa shape index (κ1) is 40.1. The molecule has 0 aliphatic rings. The Hall–Kier alpha value is -5.38. The lowest BCUT2D eigenvalue weighted by molar-refractivity contribution is -0.137. The van der Waals surface area contributed by atoms with Gasteiger partial charge in [-0.25, -0.2) is 14.4 Å². The predicted octanol–water partition coefficient (Wildman–Crippen LogP) is 8.53. The standard InChI is InChI=1S/C41H48O10/c1-4-38(42)48-28-14-10-6-8-12-26-46-34-20-16-32(17-21-34)40(44)50-36-24-25-37(31(3)30-36)51-41(45)33-18-22-35(23-19-33)47-27-13-9-7-11-15-29-49-39(43)5-2/h4-5,16-25,30H,1-2,6-15,26-29H2,3H3/p+1. The molecule has 51 heavy (non-hydrogen) atoms. The third kappa shape index (κ3) is 15.8. The van der Waals surface area contributed by atoms with Crippen LogP contribution in [-0.2, 0) is 14.3 Å². The second-order valence-electron chi connectivity index (χ2n) is 11.7. The number of esters is 4. The number of hydrogen-bond donors (Lipinski definition) is 0. The minimum absolute atomic E-state index is 0.141. The highest BCUT2D eigenvalue weighted by atomic mass is 16.5. The normalized spacial score (nSPS) is 10.5. The van der Waals surface area contributed by atoms with Crippen LogP contribution in [0.1, 0.15) is 90.5 Å². The summed E-state index contributed by atoms with van der Waals surface area (Å²) in [4.78, 5) is 45.7. The Morgan fingerprint density at radius 2 is 1.02 bits per heavy atom. The second kappa shape index (κ2) is 23.1. The molecule has 3 aromatic carbocycles. The SMILES string of the molecule is C=CC(=O)OCCCCCCCOc1ccc(C(=O)Oc2ccc(OC(=O)c3ccc(OCCCCCCCOC(=[OH+])C=C)cc3)cc2C)cc1. The summed E-state index contributed by atoms with van der Waals surface area (Å²) in [5.41, 5.74) is 1.39. The van der Waals surface area contributed by atoms with Gasteiger partial charge in [0.15, 0.2) is 6.61 Å². The zero-order chi connectivity index (χ0) is 36.7. The number of benzene rings is 3. The Balaban J connectivity index is 1.33. The van der Waals surface area contributed by atoms with Crippen molar-refractivity contribution in [3.63, 3.8) is 0 Å². The predicted molar refractivity (Wildman–Crippen MR) is 195 cm³/mol. The van der Waals surface area contributed by atoms with E-state index in [1.54, 1.807) is 73.7 Å². The maximum absolute atomic E-state index is 12.8. The van der Waals surface area contributed by atoms with Gasteiger partial charge in [-0.15, -0.1) is 0 Å². The van der Waals surface area contributed by atoms with Gasteiger partial charge in [-0.05, 0) is 105 Å². The molecule has 0 saturated carbocycles. The van der Waals surface area contributed by atoms with Gasteiger partial charge < -0.3 is 33.2 Å². The van der Waals surface area contributed by atoms with Crippen molar-refractivity contribution in [2.45, 2.75) is 71.1 Å². The number of carbonyl (C=O) groups is 3. The molecule has 0 aromatic heterocycles. The highest BCUT2D eigenvalue weighted by Gasteiger charge is 2.14. The van der Waals surface area contributed by atoms with E-state index in [1.807, 2.05) is 0 Å². The Morgan fingerprint density at radius 3 is 1.51 bits per heavy atom. The van der Waals surface area contributed by atoms with Crippen LogP contribution in [0.4, 0.5) is 0 Å². The highest BCUT2D eigenvalue weighted by molar-refractivity contribution is 5.92. The van der Waals surface area contributed by atoms with Crippen LogP contribution < -0.4 is 18.9 Å². The molecule has 0 fully saturated rings. The first-order chi connectivity index (χ1) is 24.8. The minimum atomic E-state index is -0.514. The molecule has 0 heterocycles. The van der Waals surface area contributed by atoms with Gasteiger partial charge in [0, 0.05) is 12.5 Å². The minimum Gasteiger partial charge on any atom is -0.494 e. The molecule has 0 atom stereocenters. The molecule has 0 aliphatic carbocycles. The molecule has 0 bridgehead atoms. The monoisotopic (exact) mass is 701 g/mol. The number of carbonyl (C=O) groups excluding carboxylic acids is 4. The van der Waals surface area contributed by atoms with Crippen LogP contribution in [0.15, 0.2) is 92.0 Å². The molecular weight excluding hydrogens is 652 g/mol. The second-order valence-corrected chi connectivity index (χ2v) is 11.7. The number of aryl methyl sites for hydroxylation is 1. The zero-order valence-electron chi connectivity index (χ0n) is 29.4. The lowest BCUT2D eigenvalue weighted by Crippen LogP contribution is -2.10. The van der Waals surface area contributed by atoms with E-state index >= 15 is 0 Å². The summed E-state index contributed by atoms with van der Waals surface area (Å²) < 4.78 is 32.8. The van der Waals surface area contributed by atoms with Crippen molar-refractivity contribution in [2.75, 3.05) is 26.4 Å². The van der Waals surface area contributed by atoms with Crippen LogP contribution >= 0.6 is 0 Å². The average molecular weight is 702 g/mol. The fourth-order valence-corrected chi connectivity index (χ4v) is 4.82. The highest BCUT2D eigenvalue weighted by Crippen LogP contribution is 2.26. The fraction of sp³-hybridized carbons (Fsp3) is 0.366. The zero-order valence-corrected chi connectivity index (χ0v) is 29.4. The first-order valence-electron chi connectivity index (χ1n) is 17.4. The van der Waals surface area contributed by atoms with E-state index in [9.17, 15) is 19.2 Å². The van der Waals surface area contributed by atoms with Crippen LogP contribution in [0.25, 0.3) is 0 Å². The van der Waals surface area contributed by atoms with Gasteiger partial charge in [0.05, 0.1) is 37.0 Å². The molecule has 0 saturated heterocycles. The van der Waals surface area contributed by atoms with E-state index in [-0.39, 0.29) is 5.97 Å². The number of ether oxygens (including phenoxy) is 6. The molecule has 0 unspecified atom stereocenters. The molecule has 272 valence electrons. The molecule has 3 rings (SSSR count). The van der Waals surface area contributed by atoms with Crippen LogP contribution in [0.3, 0.4) is 0 Å². The fourth-order valence-electron chi connectivity index (χ4n) is 4.82. The van der Waals surface area contributed by atoms with Gasteiger partial charge in [-0.3, -0.25) is 0 Å². The van der Waals surface area contributed by atoms with Crippen molar-refractivity contribution in [3.8, 4) is 23.0 Å². The molecule has 0 amide bonds. The van der Waals surface area contributed by atoms with Gasteiger partial charge in [0.25, 0.3) is 0 Å². The van der Waals surface area contributed by atoms with Gasteiger partial charge in [0.2, 0.25) is 0 Å². The summed E-state index contributed by atoms with van der Waals surface area (Å²) in [6.07, 6.45) is 12.0. The van der Waals surface area contributed by atoms with Crippen molar-refractivity contribution in [2.24, 2.45) is 0 Å². The van der Waals surface area contributed by atoms with Crippen molar-refractivity contribution in [3.05, 3.63) is 109 Å². The lowest BCUT2D eigenvalue weighted by Gasteiger charge is -2.11. The van der Waals surface area contributed by atoms with Gasteiger partial charge in [-0.2, -0.15) is 0 Å². The smallest absolute Gasteiger partial charge is 0.494 e. The third-order valence-corrected chi connectivity index (χ3v) is 7.69. The number of hydrogen-bond acceptors (Lipinski definition) is 9. The molecule has 0 spiro atoms. The molecule has 10 nitrogen and oxygen atoms in total. The van der Waals surface area contributed by atoms with Crippen molar-refractivity contribution < 1.29 is 47.6 Å². The van der Waals surface area contributed by atoms with Crippen LogP contribution in [0.2, 0.25) is 0 Å². The topological polar surface area (TPSA) is 128 Å². The van der Waals surface area contributed by atoms with Gasteiger partial charge in [-0.1, -0.05) is 45.3 Å². The Kier molecular flexibility index (Phi) is 18.1. The van der Waals surface area contributed by atoms with Crippen LogP contribution in [-0.4, -0.2) is 55.1 Å². The largest absolute Gasteiger partial charge is 0.509 e. The summed E-state index contributed by atoms with van der Waals surface area (Å²) in [6.45, 7) is 10.6. The van der Waals surface area contributed by atoms with Gasteiger partial charge in [0.1, 0.15) is 23.0 Å².